The van der Waals surface area contributed by atoms with Gasteiger partial charge in [0.05, 0.1) is 17.6 Å². The number of nitriles is 1. The Kier molecular flexibility index (Phi) is 8.68. The largest absolute Gasteiger partial charge is 0.481 e. The van der Waals surface area contributed by atoms with Gasteiger partial charge in [-0.2, -0.15) is 5.26 Å². The number of piperidine rings is 1. The third-order valence-corrected chi connectivity index (χ3v) is 7.26. The summed E-state index contributed by atoms with van der Waals surface area (Å²) in [6, 6.07) is 14.6. The number of carbonyl (C=O) groups is 1. The van der Waals surface area contributed by atoms with Crippen molar-refractivity contribution in [2.45, 2.75) is 52.9 Å². The van der Waals surface area contributed by atoms with E-state index >= 15 is 0 Å². The Morgan fingerprint density at radius 3 is 2.62 bits per heavy atom. The number of hydrogen-bond acceptors (Lipinski definition) is 5. The van der Waals surface area contributed by atoms with Crippen molar-refractivity contribution >= 4 is 5.97 Å². The first-order valence-electron chi connectivity index (χ1n) is 13.3. The fraction of sp³-hybridized carbons (Fsp3) is 0.419. The standard InChI is InChI=1S/C31H36N4O2/c1-4-28-22(12-14-35-13-6-8-25(20-35)31(36)37)7-5-9-29(28)27-18-33-30(34-19-27)24-11-10-23(15-21(2)3)26(16-24)17-32/h5,7,9-11,16,18-19,21,25H,4,6,8,12-15,20H2,1-3H3,(H,36,37)/t25-/m0/s1. The Bertz CT molecular complexity index is 1280. The van der Waals surface area contributed by atoms with Gasteiger partial charge in [-0.1, -0.05) is 51.1 Å². The van der Waals surface area contributed by atoms with E-state index in [0.717, 1.165) is 67.4 Å². The Morgan fingerprint density at radius 1 is 1.16 bits per heavy atom. The number of carboxylic acid groups (broad SMARTS) is 1. The highest BCUT2D eigenvalue weighted by molar-refractivity contribution is 5.70. The molecule has 192 valence electrons. The number of aromatic nitrogens is 2. The van der Waals surface area contributed by atoms with Crippen molar-refractivity contribution in [1.29, 1.82) is 5.26 Å². The van der Waals surface area contributed by atoms with E-state index in [-0.39, 0.29) is 5.92 Å². The minimum Gasteiger partial charge on any atom is -0.481 e. The molecule has 4 rings (SSSR count). The molecule has 37 heavy (non-hydrogen) atoms. The Balaban J connectivity index is 1.52. The van der Waals surface area contributed by atoms with E-state index in [1.807, 2.05) is 30.6 Å². The molecule has 3 aromatic rings. The molecule has 0 radical (unpaired) electrons. The summed E-state index contributed by atoms with van der Waals surface area (Å²) in [5.74, 6) is 0.166. The van der Waals surface area contributed by atoms with Crippen LogP contribution in [0, 0.1) is 23.2 Å². The third-order valence-electron chi connectivity index (χ3n) is 7.26. The predicted octanol–water partition coefficient (Wildman–Crippen LogP) is 5.78. The maximum absolute atomic E-state index is 11.4. The van der Waals surface area contributed by atoms with Gasteiger partial charge in [0.1, 0.15) is 0 Å². The van der Waals surface area contributed by atoms with Crippen LogP contribution in [-0.2, 0) is 24.1 Å². The van der Waals surface area contributed by atoms with Gasteiger partial charge in [0.15, 0.2) is 5.82 Å². The monoisotopic (exact) mass is 496 g/mol. The molecule has 1 N–H and O–H groups in total. The lowest BCUT2D eigenvalue weighted by molar-refractivity contribution is -0.143. The van der Waals surface area contributed by atoms with Crippen LogP contribution in [0.1, 0.15) is 55.9 Å². The van der Waals surface area contributed by atoms with Crippen LogP contribution in [0.2, 0.25) is 0 Å². The minimum atomic E-state index is -0.681. The Hall–Kier alpha value is -3.56. The van der Waals surface area contributed by atoms with Crippen LogP contribution in [0.5, 0.6) is 0 Å². The summed E-state index contributed by atoms with van der Waals surface area (Å²) in [4.78, 5) is 23.0. The van der Waals surface area contributed by atoms with E-state index in [2.05, 4.69) is 59.9 Å². The number of benzene rings is 2. The van der Waals surface area contributed by atoms with E-state index in [4.69, 9.17) is 0 Å². The van der Waals surface area contributed by atoms with Crippen molar-refractivity contribution in [3.05, 3.63) is 71.0 Å². The second-order valence-corrected chi connectivity index (χ2v) is 10.4. The molecule has 0 bridgehead atoms. The highest BCUT2D eigenvalue weighted by atomic mass is 16.4. The molecule has 2 heterocycles. The molecule has 1 fully saturated rings. The lowest BCUT2D eigenvalue weighted by Gasteiger charge is -2.30. The fourth-order valence-electron chi connectivity index (χ4n) is 5.35. The first-order valence-corrected chi connectivity index (χ1v) is 13.3. The van der Waals surface area contributed by atoms with Gasteiger partial charge in [-0.15, -0.1) is 0 Å². The van der Waals surface area contributed by atoms with Gasteiger partial charge in [0, 0.05) is 36.6 Å². The van der Waals surface area contributed by atoms with Crippen LogP contribution in [0.25, 0.3) is 22.5 Å². The van der Waals surface area contributed by atoms with Gasteiger partial charge in [0.25, 0.3) is 0 Å². The van der Waals surface area contributed by atoms with Crippen LogP contribution >= 0.6 is 0 Å². The number of likely N-dealkylation sites (tertiary alicyclic amines) is 1. The summed E-state index contributed by atoms with van der Waals surface area (Å²) in [5.41, 5.74) is 7.29. The Labute approximate surface area is 220 Å². The second kappa shape index (κ2) is 12.1. The summed E-state index contributed by atoms with van der Waals surface area (Å²) in [6.45, 7) is 8.94. The quantitative estimate of drug-likeness (QED) is 0.404. The van der Waals surface area contributed by atoms with Crippen molar-refractivity contribution < 1.29 is 9.90 Å². The van der Waals surface area contributed by atoms with Crippen molar-refractivity contribution in [3.63, 3.8) is 0 Å². The lowest BCUT2D eigenvalue weighted by Crippen LogP contribution is -2.39. The molecule has 0 unspecified atom stereocenters. The average molecular weight is 497 g/mol. The van der Waals surface area contributed by atoms with Gasteiger partial charge < -0.3 is 10.0 Å². The maximum atomic E-state index is 11.4. The smallest absolute Gasteiger partial charge is 0.307 e. The number of hydrogen-bond donors (Lipinski definition) is 1. The van der Waals surface area contributed by atoms with Crippen molar-refractivity contribution in [1.82, 2.24) is 14.9 Å². The van der Waals surface area contributed by atoms with Crippen LogP contribution in [0.3, 0.4) is 0 Å². The van der Waals surface area contributed by atoms with Gasteiger partial charge in [-0.05, 0) is 72.9 Å². The van der Waals surface area contributed by atoms with Crippen LogP contribution in [0.4, 0.5) is 0 Å². The van der Waals surface area contributed by atoms with Crippen molar-refractivity contribution in [2.24, 2.45) is 11.8 Å². The predicted molar refractivity (Wildman–Crippen MR) is 146 cm³/mol. The molecule has 0 aliphatic carbocycles. The van der Waals surface area contributed by atoms with E-state index < -0.39 is 5.97 Å². The van der Waals surface area contributed by atoms with Crippen molar-refractivity contribution in [3.8, 4) is 28.6 Å². The van der Waals surface area contributed by atoms with E-state index in [1.165, 1.54) is 11.1 Å². The van der Waals surface area contributed by atoms with Gasteiger partial charge >= 0.3 is 5.97 Å². The van der Waals surface area contributed by atoms with E-state index in [9.17, 15) is 15.2 Å². The fourth-order valence-corrected chi connectivity index (χ4v) is 5.35. The van der Waals surface area contributed by atoms with Crippen LogP contribution in [0.15, 0.2) is 48.8 Å². The molecular formula is C31H36N4O2. The molecule has 2 aromatic carbocycles. The van der Waals surface area contributed by atoms with E-state index in [1.54, 1.807) is 0 Å². The molecule has 1 saturated heterocycles. The molecule has 0 saturated carbocycles. The topological polar surface area (TPSA) is 90.1 Å². The second-order valence-electron chi connectivity index (χ2n) is 10.4. The summed E-state index contributed by atoms with van der Waals surface area (Å²) in [6.07, 6.45) is 8.12. The van der Waals surface area contributed by atoms with Gasteiger partial charge in [0.2, 0.25) is 0 Å². The van der Waals surface area contributed by atoms with Crippen LogP contribution in [-0.4, -0.2) is 45.6 Å². The zero-order valence-corrected chi connectivity index (χ0v) is 22.1. The molecule has 0 spiro atoms. The lowest BCUT2D eigenvalue weighted by atomic mass is 9.92. The van der Waals surface area contributed by atoms with Crippen LogP contribution < -0.4 is 0 Å². The molecule has 0 amide bonds. The number of nitrogens with zero attached hydrogens (tertiary/aromatic N) is 4. The Morgan fingerprint density at radius 2 is 1.95 bits per heavy atom. The highest BCUT2D eigenvalue weighted by Crippen LogP contribution is 2.29. The van der Waals surface area contributed by atoms with Gasteiger partial charge in [-0.3, -0.25) is 4.79 Å². The third kappa shape index (κ3) is 6.42. The average Bonchev–Trinajstić information content (AvgIpc) is 2.91. The normalized spacial score (nSPS) is 16.0. The number of rotatable bonds is 9. The molecule has 1 aliphatic heterocycles. The SMILES string of the molecule is CCc1c(CCN2CCC[C@H](C(=O)O)C2)cccc1-c1cnc(-c2ccc(CC(C)C)c(C#N)c2)nc1. The summed E-state index contributed by atoms with van der Waals surface area (Å²) in [7, 11) is 0. The maximum Gasteiger partial charge on any atom is 0.307 e. The van der Waals surface area contributed by atoms with E-state index in [0.29, 0.717) is 23.9 Å². The summed E-state index contributed by atoms with van der Waals surface area (Å²) in [5, 5.41) is 19.0. The first-order chi connectivity index (χ1) is 17.9. The molecule has 6 nitrogen and oxygen atoms in total. The zero-order valence-electron chi connectivity index (χ0n) is 22.1. The molecule has 1 aromatic heterocycles. The zero-order chi connectivity index (χ0) is 26.4. The van der Waals surface area contributed by atoms with Gasteiger partial charge in [-0.25, -0.2) is 9.97 Å². The van der Waals surface area contributed by atoms with Crippen molar-refractivity contribution in [2.75, 3.05) is 19.6 Å². The highest BCUT2D eigenvalue weighted by Gasteiger charge is 2.25. The number of aliphatic carboxylic acids is 1. The number of carboxylic acids is 1. The molecule has 6 heteroatoms. The minimum absolute atomic E-state index is 0.253. The summed E-state index contributed by atoms with van der Waals surface area (Å²) < 4.78 is 0. The summed E-state index contributed by atoms with van der Waals surface area (Å²) >= 11 is 0. The molecule has 1 aliphatic rings. The first kappa shape index (κ1) is 26.5. The molecular weight excluding hydrogens is 460 g/mol. The molecule has 1 atom stereocenters.